The number of hydrogen-bond donors (Lipinski definition) is 4. The van der Waals surface area contributed by atoms with Crippen LogP contribution in [0.2, 0.25) is 0 Å². The van der Waals surface area contributed by atoms with E-state index in [2.05, 4.69) is 21.6 Å². The summed E-state index contributed by atoms with van der Waals surface area (Å²) in [4.78, 5) is 25.5. The predicted octanol–water partition coefficient (Wildman–Crippen LogP) is 2.19. The molecular formula is C21H16N8O3S. The smallest absolute Gasteiger partial charge is 0.269 e. The van der Waals surface area contributed by atoms with Gasteiger partial charge < -0.3 is 16.3 Å². The number of nitriles is 2. The fraction of sp³-hybridized carbons (Fsp3) is 0.0476. The number of nitrogens with one attached hydrogen (secondary N) is 2. The van der Waals surface area contributed by atoms with Gasteiger partial charge in [0.25, 0.3) is 11.2 Å². The number of benzene rings is 2. The Hall–Kier alpha value is -4.65. The molecule has 0 saturated carbocycles. The van der Waals surface area contributed by atoms with Gasteiger partial charge >= 0.3 is 0 Å². The van der Waals surface area contributed by atoms with Crippen LogP contribution in [0.15, 0.2) is 63.5 Å². The summed E-state index contributed by atoms with van der Waals surface area (Å²) in [6.07, 6.45) is 0. The van der Waals surface area contributed by atoms with E-state index in [1.165, 1.54) is 12.1 Å². The summed E-state index contributed by atoms with van der Waals surface area (Å²) in [5, 5.41) is 33.9. The quantitative estimate of drug-likeness (QED) is 0.106. The maximum atomic E-state index is 12.5. The second-order valence-electron chi connectivity index (χ2n) is 6.52. The van der Waals surface area contributed by atoms with Crippen molar-refractivity contribution < 1.29 is 4.92 Å². The van der Waals surface area contributed by atoms with Crippen molar-refractivity contribution in [1.29, 1.82) is 10.5 Å². The number of nitrogens with two attached hydrogens (primary N) is 2. The normalized spacial score (nSPS) is 10.8. The number of pyridine rings is 1. The van der Waals surface area contributed by atoms with Crippen LogP contribution >= 0.6 is 11.8 Å². The molecule has 1 aromatic heterocycles. The number of hydrazone groups is 1. The monoisotopic (exact) mass is 460 g/mol. The molecule has 0 amide bonds. The molecular weight excluding hydrogens is 444 g/mol. The number of amidine groups is 1. The highest BCUT2D eigenvalue weighted by atomic mass is 32.2. The van der Waals surface area contributed by atoms with Gasteiger partial charge in [-0.2, -0.15) is 15.6 Å². The van der Waals surface area contributed by atoms with Crippen LogP contribution in [0.5, 0.6) is 0 Å². The summed E-state index contributed by atoms with van der Waals surface area (Å²) in [5.41, 5.74) is 3.79. The van der Waals surface area contributed by atoms with E-state index < -0.39 is 10.5 Å². The average molecular weight is 460 g/mol. The van der Waals surface area contributed by atoms with Crippen molar-refractivity contribution >= 4 is 23.3 Å². The summed E-state index contributed by atoms with van der Waals surface area (Å²) in [5.74, 6) is 10.9. The number of thioether (sulfide) groups is 1. The second-order valence-corrected chi connectivity index (χ2v) is 7.51. The van der Waals surface area contributed by atoms with Crippen molar-refractivity contribution in [2.75, 3.05) is 5.75 Å². The van der Waals surface area contributed by atoms with Crippen molar-refractivity contribution in [3.63, 3.8) is 0 Å². The lowest BCUT2D eigenvalue weighted by molar-refractivity contribution is -0.384. The van der Waals surface area contributed by atoms with Crippen LogP contribution in [-0.4, -0.2) is 21.5 Å². The molecule has 2 aromatic carbocycles. The van der Waals surface area contributed by atoms with Gasteiger partial charge in [-0.3, -0.25) is 14.9 Å². The van der Waals surface area contributed by atoms with Crippen LogP contribution in [0.3, 0.4) is 0 Å². The molecule has 0 radical (unpaired) electrons. The van der Waals surface area contributed by atoms with E-state index in [1.807, 2.05) is 6.07 Å². The van der Waals surface area contributed by atoms with E-state index in [0.29, 0.717) is 5.56 Å². The van der Waals surface area contributed by atoms with Gasteiger partial charge in [0.1, 0.15) is 23.5 Å². The zero-order chi connectivity index (χ0) is 24.0. The molecule has 0 spiro atoms. The fourth-order valence-corrected chi connectivity index (χ4v) is 3.95. The van der Waals surface area contributed by atoms with Crippen LogP contribution in [0.4, 0.5) is 5.69 Å². The van der Waals surface area contributed by atoms with Crippen molar-refractivity contribution in [3.05, 3.63) is 80.1 Å². The van der Waals surface area contributed by atoms with Gasteiger partial charge in [-0.05, 0) is 28.8 Å². The highest BCUT2D eigenvalue weighted by molar-refractivity contribution is 8.00. The Labute approximate surface area is 191 Å². The van der Waals surface area contributed by atoms with Crippen LogP contribution < -0.4 is 22.7 Å². The average Bonchev–Trinajstić information content (AvgIpc) is 2.84. The minimum atomic E-state index is -0.639. The lowest BCUT2D eigenvalue weighted by Gasteiger charge is -2.12. The summed E-state index contributed by atoms with van der Waals surface area (Å²) >= 11 is 1.08. The van der Waals surface area contributed by atoms with E-state index in [1.54, 1.807) is 36.4 Å². The number of non-ortho nitro benzene ring substituents is 1. The molecule has 0 aliphatic rings. The van der Waals surface area contributed by atoms with Crippen LogP contribution in [0.1, 0.15) is 11.1 Å². The number of nitro benzene ring substituents is 1. The van der Waals surface area contributed by atoms with Crippen LogP contribution in [0, 0.1) is 32.8 Å². The molecule has 1 heterocycles. The number of nitrogens with zero attached hydrogens (tertiary/aromatic N) is 4. The first-order chi connectivity index (χ1) is 15.9. The first-order valence-corrected chi connectivity index (χ1v) is 10.2. The molecule has 0 fully saturated rings. The highest BCUT2D eigenvalue weighted by Crippen LogP contribution is 2.33. The van der Waals surface area contributed by atoms with Crippen LogP contribution in [0.25, 0.3) is 22.3 Å². The second kappa shape index (κ2) is 10.1. The van der Waals surface area contributed by atoms with Gasteiger partial charge in [0, 0.05) is 17.7 Å². The maximum Gasteiger partial charge on any atom is 0.269 e. The third kappa shape index (κ3) is 4.83. The molecule has 164 valence electrons. The van der Waals surface area contributed by atoms with E-state index in [4.69, 9.17) is 11.7 Å². The Morgan fingerprint density at radius 3 is 2.09 bits per heavy atom. The molecule has 0 aliphatic carbocycles. The number of aromatic nitrogens is 1. The lowest BCUT2D eigenvalue weighted by atomic mass is 9.95. The molecule has 0 atom stereocenters. The SMILES string of the molecule is N#Cc1c(SC/C(=N/N)NN)[nH]c(=O)c(C#N)c1-c1ccc(-c2ccc([N+](=O)[O-])cc2)cc1. The maximum absolute atomic E-state index is 12.5. The van der Waals surface area contributed by atoms with Gasteiger partial charge in [0.05, 0.1) is 21.3 Å². The number of hydrogen-bond acceptors (Lipinski definition) is 9. The number of hydrazine groups is 1. The van der Waals surface area contributed by atoms with Crippen molar-refractivity contribution in [3.8, 4) is 34.4 Å². The van der Waals surface area contributed by atoms with Crippen molar-refractivity contribution in [2.24, 2.45) is 16.8 Å². The summed E-state index contributed by atoms with van der Waals surface area (Å²) < 4.78 is 0. The molecule has 12 heteroatoms. The number of nitro groups is 1. The Kier molecular flexibility index (Phi) is 7.05. The topological polar surface area (TPSA) is 200 Å². The molecule has 33 heavy (non-hydrogen) atoms. The largest absolute Gasteiger partial charge is 0.322 e. The van der Waals surface area contributed by atoms with Gasteiger partial charge in [-0.25, -0.2) is 5.84 Å². The minimum Gasteiger partial charge on any atom is -0.322 e. The third-order valence-electron chi connectivity index (χ3n) is 4.67. The Bertz CT molecular complexity index is 1370. The van der Waals surface area contributed by atoms with Crippen LogP contribution in [-0.2, 0) is 0 Å². The van der Waals surface area contributed by atoms with E-state index in [0.717, 1.165) is 22.9 Å². The zero-order valence-corrected chi connectivity index (χ0v) is 17.7. The molecule has 3 aromatic rings. The number of rotatable bonds is 6. The standard InChI is InChI=1S/C21H16N8O3S/c22-9-16-19(17(10-23)21(26-20(16)30)33-11-18(27-24)28-25)14-3-1-12(2-4-14)13-5-7-15(8-6-13)29(31)32/h1-8H,11,24-25H2,(H,26,30)(H,27,28). The third-order valence-corrected chi connectivity index (χ3v) is 5.68. The van der Waals surface area contributed by atoms with E-state index in [9.17, 15) is 25.4 Å². The summed E-state index contributed by atoms with van der Waals surface area (Å²) in [7, 11) is 0. The molecule has 0 aliphatic heterocycles. The molecule has 0 saturated heterocycles. The molecule has 6 N–H and O–H groups in total. The van der Waals surface area contributed by atoms with Gasteiger partial charge in [-0.1, -0.05) is 36.0 Å². The van der Waals surface area contributed by atoms with Crippen molar-refractivity contribution in [1.82, 2.24) is 10.4 Å². The highest BCUT2D eigenvalue weighted by Gasteiger charge is 2.20. The Morgan fingerprint density at radius 2 is 1.61 bits per heavy atom. The fourth-order valence-electron chi connectivity index (χ4n) is 3.05. The Morgan fingerprint density at radius 1 is 1.06 bits per heavy atom. The van der Waals surface area contributed by atoms with Gasteiger partial charge in [0.2, 0.25) is 0 Å². The predicted molar refractivity (Wildman–Crippen MR) is 124 cm³/mol. The van der Waals surface area contributed by atoms with Gasteiger partial charge in [-0.15, -0.1) is 0 Å². The lowest BCUT2D eigenvalue weighted by Crippen LogP contribution is -2.33. The molecule has 11 nitrogen and oxygen atoms in total. The van der Waals surface area contributed by atoms with Gasteiger partial charge in [0.15, 0.2) is 0 Å². The molecule has 3 rings (SSSR count). The van der Waals surface area contributed by atoms with E-state index in [-0.39, 0.29) is 39.0 Å². The zero-order valence-electron chi connectivity index (χ0n) is 16.9. The Balaban J connectivity index is 2.06. The van der Waals surface area contributed by atoms with Crippen molar-refractivity contribution in [2.45, 2.75) is 5.03 Å². The summed E-state index contributed by atoms with van der Waals surface area (Å²) in [6.45, 7) is 0. The molecule has 0 unspecified atom stereocenters. The first-order valence-electron chi connectivity index (χ1n) is 9.25. The molecule has 0 bridgehead atoms. The van der Waals surface area contributed by atoms with E-state index >= 15 is 0 Å². The first kappa shape index (κ1) is 23.0. The summed E-state index contributed by atoms with van der Waals surface area (Å²) in [6, 6.07) is 16.8. The minimum absolute atomic E-state index is 0.0195. The number of aromatic amines is 1. The number of H-pyrrole nitrogens is 1.